The second-order valence-corrected chi connectivity index (χ2v) is 3.75. The molecule has 0 aliphatic carbocycles. The maximum Gasteiger partial charge on any atom is 0.0313 e. The minimum absolute atomic E-state index is 0. The zero-order chi connectivity index (χ0) is 14.3. The average Bonchev–Trinajstić information content (AvgIpc) is 2.43. The van der Waals surface area contributed by atoms with Gasteiger partial charge in [0.2, 0.25) is 0 Å². The highest BCUT2D eigenvalue weighted by Gasteiger charge is 1.73. The number of nitrogens with two attached hydrogens (primary N) is 4. The van der Waals surface area contributed by atoms with Crippen molar-refractivity contribution in [1.29, 1.82) is 0 Å². The molecule has 0 saturated carbocycles. The van der Waals surface area contributed by atoms with Crippen LogP contribution in [-0.2, 0) is 0 Å². The van der Waals surface area contributed by atoms with Crippen LogP contribution >= 0.6 is 37.2 Å². The van der Waals surface area contributed by atoms with Crippen LogP contribution in [0.1, 0.15) is 6.42 Å². The number of para-hydroxylation sites is 2. The molecule has 0 atom stereocenters. The summed E-state index contributed by atoms with van der Waals surface area (Å²) in [4.78, 5) is 0. The van der Waals surface area contributed by atoms with E-state index < -0.39 is 0 Å². The summed E-state index contributed by atoms with van der Waals surface area (Å²) >= 11 is 0. The first-order chi connectivity index (χ1) is 9.20. The number of hydrogen-bond donors (Lipinski definition) is 4. The van der Waals surface area contributed by atoms with Gasteiger partial charge in [-0.1, -0.05) is 36.4 Å². The summed E-state index contributed by atoms with van der Waals surface area (Å²) in [6.07, 6.45) is 0.944. The Morgan fingerprint density at radius 3 is 0.909 bits per heavy atom. The number of hydrogen-bond acceptors (Lipinski definition) is 4. The Morgan fingerprint density at radius 1 is 0.545 bits per heavy atom. The molecule has 0 unspecified atom stereocenters. The van der Waals surface area contributed by atoms with Crippen LogP contribution in [0.2, 0.25) is 0 Å². The van der Waals surface area contributed by atoms with Crippen molar-refractivity contribution in [1.82, 2.24) is 0 Å². The van der Waals surface area contributed by atoms with Gasteiger partial charge in [-0.25, -0.2) is 0 Å². The van der Waals surface area contributed by atoms with Crippen LogP contribution in [0.3, 0.4) is 0 Å². The van der Waals surface area contributed by atoms with Crippen molar-refractivity contribution in [3.05, 3.63) is 60.7 Å². The lowest BCUT2D eigenvalue weighted by molar-refractivity contribution is 0.844. The molecule has 0 aromatic heterocycles. The van der Waals surface area contributed by atoms with E-state index in [1.54, 1.807) is 0 Å². The zero-order valence-electron chi connectivity index (χ0n) is 12.4. The lowest BCUT2D eigenvalue weighted by Gasteiger charge is -1.83. The van der Waals surface area contributed by atoms with Crippen LogP contribution in [0.25, 0.3) is 0 Å². The maximum atomic E-state index is 5.36. The molecule has 7 heteroatoms. The third-order valence-electron chi connectivity index (χ3n) is 2.01. The highest BCUT2D eigenvalue weighted by atomic mass is 35.5. The van der Waals surface area contributed by atoms with E-state index >= 15 is 0 Å². The van der Waals surface area contributed by atoms with E-state index in [1.165, 1.54) is 0 Å². The van der Waals surface area contributed by atoms with Crippen LogP contribution in [0.15, 0.2) is 60.7 Å². The Balaban J connectivity index is -0.000000105. The number of rotatable bonds is 2. The molecule has 8 N–H and O–H groups in total. The molecule has 2 aromatic carbocycles. The van der Waals surface area contributed by atoms with Gasteiger partial charge < -0.3 is 22.9 Å². The third kappa shape index (κ3) is 21.1. The van der Waals surface area contributed by atoms with Crippen molar-refractivity contribution in [3.63, 3.8) is 0 Å². The molecule has 0 radical (unpaired) electrons. The predicted molar refractivity (Wildman–Crippen MR) is 106 cm³/mol. The van der Waals surface area contributed by atoms with Crippen LogP contribution in [-0.4, -0.2) is 13.1 Å². The molecule has 0 aliphatic heterocycles. The summed E-state index contributed by atoms with van der Waals surface area (Å²) in [7, 11) is 0. The van der Waals surface area contributed by atoms with Crippen molar-refractivity contribution >= 4 is 48.6 Å². The van der Waals surface area contributed by atoms with Gasteiger partial charge in [0.1, 0.15) is 0 Å². The second kappa shape index (κ2) is 22.1. The van der Waals surface area contributed by atoms with Crippen LogP contribution in [0.5, 0.6) is 0 Å². The van der Waals surface area contributed by atoms with E-state index in [2.05, 4.69) is 0 Å². The lowest BCUT2D eigenvalue weighted by atomic mass is 10.3. The van der Waals surface area contributed by atoms with Crippen molar-refractivity contribution in [2.45, 2.75) is 6.42 Å². The summed E-state index contributed by atoms with van der Waals surface area (Å²) in [5.41, 5.74) is 22.5. The normalized spacial score (nSPS) is 7.36. The van der Waals surface area contributed by atoms with Gasteiger partial charge in [0.15, 0.2) is 0 Å². The number of nitrogen functional groups attached to an aromatic ring is 2. The molecule has 4 nitrogen and oxygen atoms in total. The van der Waals surface area contributed by atoms with E-state index in [0.717, 1.165) is 30.9 Å². The molecule has 0 fully saturated rings. The standard InChI is InChI=1S/2C6H7N.C3H10N2.3ClH/c2*7-6-4-2-1-3-5-6;4-2-1-3-5;;;/h2*1-5H,7H2;1-5H2;3*1H. The third-order valence-corrected chi connectivity index (χ3v) is 2.01. The SMILES string of the molecule is Cl.Cl.Cl.NCCCN.Nc1ccccc1.Nc1ccccc1. The van der Waals surface area contributed by atoms with Gasteiger partial charge in [-0.15, -0.1) is 37.2 Å². The summed E-state index contributed by atoms with van der Waals surface area (Å²) in [6, 6.07) is 19.0. The number of anilines is 2. The Hall–Kier alpha value is -1.17. The molecule has 2 aromatic rings. The summed E-state index contributed by atoms with van der Waals surface area (Å²) < 4.78 is 0. The minimum Gasteiger partial charge on any atom is -0.399 e. The zero-order valence-corrected chi connectivity index (χ0v) is 14.9. The van der Waals surface area contributed by atoms with E-state index in [-0.39, 0.29) is 37.2 Å². The largest absolute Gasteiger partial charge is 0.399 e. The summed E-state index contributed by atoms with van der Waals surface area (Å²) in [5, 5.41) is 0. The van der Waals surface area contributed by atoms with E-state index in [9.17, 15) is 0 Å². The summed E-state index contributed by atoms with van der Waals surface area (Å²) in [6.45, 7) is 1.44. The van der Waals surface area contributed by atoms with Gasteiger partial charge in [0.05, 0.1) is 0 Å². The van der Waals surface area contributed by atoms with Gasteiger partial charge in [0, 0.05) is 11.4 Å². The van der Waals surface area contributed by atoms with Crippen LogP contribution in [0.4, 0.5) is 11.4 Å². The van der Waals surface area contributed by atoms with E-state index in [4.69, 9.17) is 22.9 Å². The Kier molecular flexibility index (Phi) is 29.1. The molecule has 0 saturated heterocycles. The van der Waals surface area contributed by atoms with Gasteiger partial charge in [-0.2, -0.15) is 0 Å². The van der Waals surface area contributed by atoms with Gasteiger partial charge in [-0.3, -0.25) is 0 Å². The molecule has 128 valence electrons. The van der Waals surface area contributed by atoms with Gasteiger partial charge in [0.25, 0.3) is 0 Å². The molecular weight excluding hydrogens is 343 g/mol. The number of halogens is 3. The van der Waals surface area contributed by atoms with Crippen LogP contribution in [0, 0.1) is 0 Å². The molecule has 0 amide bonds. The van der Waals surface area contributed by atoms with Gasteiger partial charge in [-0.05, 0) is 43.8 Å². The fourth-order valence-corrected chi connectivity index (χ4v) is 1.02. The highest BCUT2D eigenvalue weighted by molar-refractivity contribution is 5.86. The Bertz CT molecular complexity index is 363. The van der Waals surface area contributed by atoms with Crippen molar-refractivity contribution in [2.24, 2.45) is 11.5 Å². The minimum atomic E-state index is 0. The van der Waals surface area contributed by atoms with Crippen molar-refractivity contribution in [2.75, 3.05) is 24.6 Å². The van der Waals surface area contributed by atoms with Crippen LogP contribution < -0.4 is 22.9 Å². The molecule has 0 bridgehead atoms. The first-order valence-electron chi connectivity index (χ1n) is 6.22. The van der Waals surface area contributed by atoms with Gasteiger partial charge >= 0.3 is 0 Å². The molecular formula is C15H27Cl3N4. The maximum absolute atomic E-state index is 5.36. The Labute approximate surface area is 151 Å². The smallest absolute Gasteiger partial charge is 0.0313 e. The molecule has 0 spiro atoms. The fourth-order valence-electron chi connectivity index (χ4n) is 1.02. The first-order valence-corrected chi connectivity index (χ1v) is 6.22. The molecule has 22 heavy (non-hydrogen) atoms. The molecule has 0 heterocycles. The quantitative estimate of drug-likeness (QED) is 0.610. The highest BCUT2D eigenvalue weighted by Crippen LogP contribution is 1.96. The van der Waals surface area contributed by atoms with Crippen molar-refractivity contribution < 1.29 is 0 Å². The monoisotopic (exact) mass is 368 g/mol. The first kappa shape index (κ1) is 28.9. The predicted octanol–water partition coefficient (Wildman–Crippen LogP) is 3.10. The number of benzene rings is 2. The second-order valence-electron chi connectivity index (χ2n) is 3.75. The summed E-state index contributed by atoms with van der Waals surface area (Å²) in [5.74, 6) is 0. The van der Waals surface area contributed by atoms with E-state index in [0.29, 0.717) is 0 Å². The molecule has 0 aliphatic rings. The van der Waals surface area contributed by atoms with E-state index in [1.807, 2.05) is 60.7 Å². The van der Waals surface area contributed by atoms with Crippen molar-refractivity contribution in [3.8, 4) is 0 Å². The topological polar surface area (TPSA) is 104 Å². The average molecular weight is 370 g/mol. The fraction of sp³-hybridized carbons (Fsp3) is 0.200. The lowest BCUT2D eigenvalue weighted by Crippen LogP contribution is -2.06. The Morgan fingerprint density at radius 2 is 0.818 bits per heavy atom. The molecule has 2 rings (SSSR count).